The highest BCUT2D eigenvalue weighted by Gasteiger charge is 2.32. The molecular formula is C24H35ClFN7O2. The molecule has 0 aromatic carbocycles. The van der Waals surface area contributed by atoms with E-state index in [9.17, 15) is 4.79 Å². The van der Waals surface area contributed by atoms with Gasteiger partial charge in [0.15, 0.2) is 16.8 Å². The first-order valence-corrected chi connectivity index (χ1v) is 12.7. The van der Waals surface area contributed by atoms with E-state index in [1.807, 2.05) is 20.8 Å². The van der Waals surface area contributed by atoms with Gasteiger partial charge in [-0.05, 0) is 67.0 Å². The Bertz CT molecular complexity index is 1080. The fourth-order valence-corrected chi connectivity index (χ4v) is 4.81. The summed E-state index contributed by atoms with van der Waals surface area (Å²) < 4.78 is 21.0. The standard InChI is InChI=1S/C24H35ClFN7O2/c1-16-15-30(5)10-9-11-31(16)22-28-19-17(14-27-20(25)18(19)26)21(29-22)32-12-7-6-8-13-33(32)23(34)35-24(2,3)4/h14,16H,6-13,15H2,1-5H3/t16-/m0/s1. The maximum atomic E-state index is 15.3. The molecule has 2 aromatic heterocycles. The van der Waals surface area contributed by atoms with Crippen LogP contribution in [0.2, 0.25) is 5.15 Å². The molecule has 0 aliphatic carbocycles. The number of fused-ring (bicyclic) bond motifs is 1. The Labute approximate surface area is 211 Å². The number of carbonyl (C=O) groups is 1. The number of amides is 1. The Morgan fingerprint density at radius 1 is 1.11 bits per heavy atom. The first-order chi connectivity index (χ1) is 16.5. The Morgan fingerprint density at radius 2 is 1.86 bits per heavy atom. The molecule has 0 N–H and O–H groups in total. The monoisotopic (exact) mass is 507 g/mol. The zero-order chi connectivity index (χ0) is 25.3. The van der Waals surface area contributed by atoms with Crippen LogP contribution >= 0.6 is 11.6 Å². The molecule has 4 heterocycles. The highest BCUT2D eigenvalue weighted by molar-refractivity contribution is 6.30. The lowest BCUT2D eigenvalue weighted by molar-refractivity contribution is 0.0232. The molecule has 0 bridgehead atoms. The number of hydrogen-bond donors (Lipinski definition) is 0. The van der Waals surface area contributed by atoms with E-state index in [1.54, 1.807) is 10.0 Å². The molecular weight excluding hydrogens is 473 g/mol. The largest absolute Gasteiger partial charge is 0.442 e. The molecule has 2 saturated heterocycles. The molecule has 192 valence electrons. The molecule has 9 nitrogen and oxygen atoms in total. The summed E-state index contributed by atoms with van der Waals surface area (Å²) in [4.78, 5) is 31.2. The average Bonchev–Trinajstić information content (AvgIpc) is 3.12. The highest BCUT2D eigenvalue weighted by atomic mass is 35.5. The van der Waals surface area contributed by atoms with Crippen molar-refractivity contribution in [1.29, 1.82) is 0 Å². The van der Waals surface area contributed by atoms with Crippen LogP contribution in [0.3, 0.4) is 0 Å². The summed E-state index contributed by atoms with van der Waals surface area (Å²) in [5.74, 6) is 0.169. The van der Waals surface area contributed by atoms with E-state index < -0.39 is 17.5 Å². The summed E-state index contributed by atoms with van der Waals surface area (Å²) in [6.07, 6.45) is 4.61. The average molecular weight is 508 g/mol. The first-order valence-electron chi connectivity index (χ1n) is 12.3. The van der Waals surface area contributed by atoms with Crippen molar-refractivity contribution >= 4 is 40.4 Å². The van der Waals surface area contributed by atoms with E-state index in [0.29, 0.717) is 30.2 Å². The van der Waals surface area contributed by atoms with Crippen molar-refractivity contribution in [3.8, 4) is 0 Å². The molecule has 1 amide bonds. The van der Waals surface area contributed by atoms with E-state index in [0.717, 1.165) is 45.3 Å². The fraction of sp³-hybridized carbons (Fsp3) is 0.667. The summed E-state index contributed by atoms with van der Waals surface area (Å²) in [6, 6.07) is 0.124. The predicted molar refractivity (Wildman–Crippen MR) is 135 cm³/mol. The van der Waals surface area contributed by atoms with Gasteiger partial charge in [0, 0.05) is 38.4 Å². The molecule has 0 spiro atoms. The number of hydrazine groups is 1. The van der Waals surface area contributed by atoms with Gasteiger partial charge < -0.3 is 14.5 Å². The highest BCUT2D eigenvalue weighted by Crippen LogP contribution is 2.33. The molecule has 0 unspecified atom stereocenters. The Hall–Kier alpha value is -2.46. The number of rotatable bonds is 2. The summed E-state index contributed by atoms with van der Waals surface area (Å²) >= 11 is 6.05. The van der Waals surface area contributed by atoms with Gasteiger partial charge in [0.05, 0.1) is 5.39 Å². The number of hydrogen-bond acceptors (Lipinski definition) is 8. The Kier molecular flexibility index (Phi) is 7.51. The third-order valence-corrected chi connectivity index (χ3v) is 6.56. The fourth-order valence-electron chi connectivity index (χ4n) is 4.67. The van der Waals surface area contributed by atoms with Gasteiger partial charge in [-0.3, -0.25) is 5.01 Å². The van der Waals surface area contributed by atoms with Crippen LogP contribution < -0.4 is 9.91 Å². The van der Waals surface area contributed by atoms with Crippen LogP contribution in [-0.4, -0.2) is 82.4 Å². The number of aromatic nitrogens is 3. The van der Waals surface area contributed by atoms with Gasteiger partial charge in [0.1, 0.15) is 11.1 Å². The molecule has 1 atom stereocenters. The van der Waals surface area contributed by atoms with Crippen molar-refractivity contribution in [2.75, 3.05) is 49.7 Å². The van der Waals surface area contributed by atoms with Gasteiger partial charge >= 0.3 is 6.09 Å². The van der Waals surface area contributed by atoms with E-state index >= 15 is 4.39 Å². The molecule has 4 rings (SSSR count). The molecule has 35 heavy (non-hydrogen) atoms. The van der Waals surface area contributed by atoms with E-state index in [4.69, 9.17) is 21.3 Å². The van der Waals surface area contributed by atoms with E-state index in [2.05, 4.69) is 33.7 Å². The van der Waals surface area contributed by atoms with E-state index in [1.165, 1.54) is 6.20 Å². The molecule has 2 aliphatic heterocycles. The third-order valence-electron chi connectivity index (χ3n) is 6.29. The molecule has 2 aliphatic rings. The van der Waals surface area contributed by atoms with Crippen LogP contribution in [0.15, 0.2) is 6.20 Å². The van der Waals surface area contributed by atoms with Crippen molar-refractivity contribution in [3.63, 3.8) is 0 Å². The number of ether oxygens (including phenoxy) is 1. The predicted octanol–water partition coefficient (Wildman–Crippen LogP) is 4.49. The topological polar surface area (TPSA) is 77.9 Å². The smallest absolute Gasteiger partial charge is 0.429 e. The molecule has 2 fully saturated rings. The molecule has 2 aromatic rings. The summed E-state index contributed by atoms with van der Waals surface area (Å²) in [7, 11) is 2.09. The lowest BCUT2D eigenvalue weighted by Crippen LogP contribution is -2.49. The third kappa shape index (κ3) is 5.69. The Balaban J connectivity index is 1.85. The number of carbonyl (C=O) groups excluding carboxylic acids is 1. The second kappa shape index (κ2) is 10.3. The number of halogens is 2. The second-order valence-electron chi connectivity index (χ2n) is 10.4. The lowest BCUT2D eigenvalue weighted by atomic mass is 10.2. The Morgan fingerprint density at radius 3 is 2.60 bits per heavy atom. The zero-order valence-corrected chi connectivity index (χ0v) is 22.0. The summed E-state index contributed by atoms with van der Waals surface area (Å²) in [6.45, 7) is 11.2. The molecule has 0 radical (unpaired) electrons. The van der Waals surface area contributed by atoms with Gasteiger partial charge in [-0.15, -0.1) is 0 Å². The van der Waals surface area contributed by atoms with Gasteiger partial charge in [0.2, 0.25) is 5.95 Å². The summed E-state index contributed by atoms with van der Waals surface area (Å²) in [5.41, 5.74) is -0.550. The minimum Gasteiger partial charge on any atom is -0.442 e. The number of pyridine rings is 1. The summed E-state index contributed by atoms with van der Waals surface area (Å²) in [5, 5.41) is 3.55. The van der Waals surface area contributed by atoms with Gasteiger partial charge in [-0.2, -0.15) is 4.98 Å². The second-order valence-corrected chi connectivity index (χ2v) is 10.8. The number of likely N-dealkylation sites (N-methyl/N-ethyl adjacent to an activating group) is 1. The van der Waals surface area contributed by atoms with Gasteiger partial charge in [0.25, 0.3) is 0 Å². The van der Waals surface area contributed by atoms with Crippen LogP contribution in [-0.2, 0) is 4.74 Å². The maximum absolute atomic E-state index is 15.3. The first kappa shape index (κ1) is 25.6. The van der Waals surface area contributed by atoms with Crippen LogP contribution in [0.25, 0.3) is 10.9 Å². The maximum Gasteiger partial charge on any atom is 0.429 e. The van der Waals surface area contributed by atoms with Crippen LogP contribution in [0.4, 0.5) is 21.0 Å². The van der Waals surface area contributed by atoms with Crippen LogP contribution in [0, 0.1) is 5.82 Å². The van der Waals surface area contributed by atoms with Crippen LogP contribution in [0.1, 0.15) is 53.4 Å². The molecule has 0 saturated carbocycles. The minimum atomic E-state index is -0.688. The molecule has 11 heteroatoms. The lowest BCUT2D eigenvalue weighted by Gasteiger charge is -2.36. The van der Waals surface area contributed by atoms with Crippen molar-refractivity contribution in [3.05, 3.63) is 17.2 Å². The van der Waals surface area contributed by atoms with Crippen molar-refractivity contribution in [1.82, 2.24) is 24.9 Å². The zero-order valence-electron chi connectivity index (χ0n) is 21.2. The minimum absolute atomic E-state index is 0.100. The quantitative estimate of drug-likeness (QED) is 0.550. The van der Waals surface area contributed by atoms with Crippen LogP contribution in [0.5, 0.6) is 0 Å². The van der Waals surface area contributed by atoms with Gasteiger partial charge in [-0.25, -0.2) is 24.2 Å². The number of nitrogens with zero attached hydrogens (tertiary/aromatic N) is 7. The normalized spacial score (nSPS) is 20.7. The SMILES string of the molecule is C[C@H]1CN(C)CCCN1c1nc(N2CCCCCN2C(=O)OC(C)(C)C)c2cnc(Cl)c(F)c2n1. The van der Waals surface area contributed by atoms with Crippen molar-refractivity contribution in [2.24, 2.45) is 0 Å². The van der Waals surface area contributed by atoms with Crippen molar-refractivity contribution in [2.45, 2.75) is 65.0 Å². The van der Waals surface area contributed by atoms with Crippen molar-refractivity contribution < 1.29 is 13.9 Å². The van der Waals surface area contributed by atoms with E-state index in [-0.39, 0.29) is 16.7 Å². The van der Waals surface area contributed by atoms with Gasteiger partial charge in [-0.1, -0.05) is 11.6 Å². The number of anilines is 2.